The summed E-state index contributed by atoms with van der Waals surface area (Å²) in [6.45, 7) is 5.69. The first-order chi connectivity index (χ1) is 9.05. The van der Waals surface area contributed by atoms with Crippen LogP contribution >= 0.6 is 11.8 Å². The summed E-state index contributed by atoms with van der Waals surface area (Å²) < 4.78 is 2.43. The number of fused-ring (bicyclic) bond motifs is 1. The molecule has 19 heavy (non-hydrogen) atoms. The molecule has 0 radical (unpaired) electrons. The topological polar surface area (TPSA) is 25.2 Å². The minimum atomic E-state index is -0.262. The average Bonchev–Trinajstić information content (AvgIpc) is 2.72. The van der Waals surface area contributed by atoms with E-state index in [1.54, 1.807) is 0 Å². The second-order valence-corrected chi connectivity index (χ2v) is 8.21. The number of hydrogen-bond acceptors (Lipinski definition) is 2. The zero-order valence-electron chi connectivity index (χ0n) is 12.1. The number of aliphatic hydroxyl groups excluding tert-OH is 1. The van der Waals surface area contributed by atoms with Crippen molar-refractivity contribution in [2.45, 2.75) is 52.2 Å². The Balaban J connectivity index is 1.80. The van der Waals surface area contributed by atoms with Gasteiger partial charge in [-0.2, -0.15) is 11.8 Å². The summed E-state index contributed by atoms with van der Waals surface area (Å²) >= 11 is 2.09. The molecule has 1 atom stereocenters. The van der Waals surface area contributed by atoms with Crippen LogP contribution < -0.4 is 0 Å². The normalized spacial score (nSPS) is 27.2. The van der Waals surface area contributed by atoms with Crippen LogP contribution in [0.25, 0.3) is 0 Å². The quantitative estimate of drug-likeness (QED) is 0.894. The Kier molecular flexibility index (Phi) is 3.69. The van der Waals surface area contributed by atoms with Gasteiger partial charge in [0.1, 0.15) is 0 Å². The van der Waals surface area contributed by atoms with E-state index in [-0.39, 0.29) is 11.5 Å². The van der Waals surface area contributed by atoms with Gasteiger partial charge in [0.15, 0.2) is 0 Å². The van der Waals surface area contributed by atoms with Crippen LogP contribution in [0.3, 0.4) is 0 Å². The number of aliphatic hydroxyl groups is 1. The van der Waals surface area contributed by atoms with E-state index < -0.39 is 0 Å². The summed E-state index contributed by atoms with van der Waals surface area (Å²) in [6, 6.07) is 2.15. The fraction of sp³-hybridized carbons (Fsp3) is 0.750. The van der Waals surface area contributed by atoms with Crippen LogP contribution in [0, 0.1) is 11.3 Å². The molecule has 1 unspecified atom stereocenters. The zero-order valence-corrected chi connectivity index (χ0v) is 12.9. The molecule has 1 aromatic heterocycles. The number of aromatic nitrogens is 1. The molecule has 0 bridgehead atoms. The van der Waals surface area contributed by atoms with Gasteiger partial charge in [0, 0.05) is 24.0 Å². The van der Waals surface area contributed by atoms with Gasteiger partial charge in [0.05, 0.1) is 6.10 Å². The summed E-state index contributed by atoms with van der Waals surface area (Å²) in [7, 11) is 0. The maximum Gasteiger partial charge on any atom is 0.0812 e. The van der Waals surface area contributed by atoms with Crippen molar-refractivity contribution in [3.8, 4) is 0 Å². The zero-order chi connectivity index (χ0) is 13.5. The number of hydrogen-bond donors (Lipinski definition) is 1. The lowest BCUT2D eigenvalue weighted by Crippen LogP contribution is -2.27. The van der Waals surface area contributed by atoms with Crippen LogP contribution in [-0.2, 0) is 13.0 Å². The summed E-state index contributed by atoms with van der Waals surface area (Å²) in [6.07, 6.45) is 6.64. The second kappa shape index (κ2) is 5.17. The molecule has 2 nitrogen and oxygen atoms in total. The Morgan fingerprint density at radius 2 is 2.11 bits per heavy atom. The highest BCUT2D eigenvalue weighted by Crippen LogP contribution is 2.41. The van der Waals surface area contributed by atoms with Gasteiger partial charge in [-0.1, -0.05) is 13.8 Å². The van der Waals surface area contributed by atoms with E-state index in [1.165, 1.54) is 35.6 Å². The van der Waals surface area contributed by atoms with Crippen LogP contribution in [-0.4, -0.2) is 21.2 Å². The van der Waals surface area contributed by atoms with E-state index in [0.717, 1.165) is 25.3 Å². The molecule has 1 N–H and O–H groups in total. The van der Waals surface area contributed by atoms with Crippen molar-refractivity contribution in [1.29, 1.82) is 0 Å². The molecule has 0 saturated carbocycles. The lowest BCUT2D eigenvalue weighted by molar-refractivity contribution is 0.0976. The molecule has 2 aliphatic rings. The van der Waals surface area contributed by atoms with Gasteiger partial charge in [-0.25, -0.2) is 0 Å². The Morgan fingerprint density at radius 3 is 2.84 bits per heavy atom. The number of nitrogens with zero attached hydrogens (tertiary/aromatic N) is 1. The van der Waals surface area contributed by atoms with Crippen LogP contribution in [0.5, 0.6) is 0 Å². The molecule has 2 heterocycles. The molecule has 106 valence electrons. The van der Waals surface area contributed by atoms with Crippen molar-refractivity contribution in [3.05, 3.63) is 23.5 Å². The molecule has 1 aliphatic heterocycles. The van der Waals surface area contributed by atoms with Gasteiger partial charge in [-0.15, -0.1) is 0 Å². The van der Waals surface area contributed by atoms with Gasteiger partial charge in [0.2, 0.25) is 0 Å². The second-order valence-electron chi connectivity index (χ2n) is 6.99. The van der Waals surface area contributed by atoms with E-state index in [9.17, 15) is 5.11 Å². The minimum absolute atomic E-state index is 0.227. The third-order valence-corrected chi connectivity index (χ3v) is 5.71. The first-order valence-electron chi connectivity index (χ1n) is 7.49. The molecule has 0 amide bonds. The molecule has 1 fully saturated rings. The summed E-state index contributed by atoms with van der Waals surface area (Å²) in [5.41, 5.74) is 2.80. The van der Waals surface area contributed by atoms with Crippen LogP contribution in [0.4, 0.5) is 0 Å². The predicted octanol–water partition coefficient (Wildman–Crippen LogP) is 3.64. The summed E-state index contributed by atoms with van der Waals surface area (Å²) in [4.78, 5) is 0. The Bertz CT molecular complexity index is 446. The number of thioether (sulfide) groups is 1. The first-order valence-corrected chi connectivity index (χ1v) is 8.64. The molecule has 1 aromatic rings. The van der Waals surface area contributed by atoms with Crippen molar-refractivity contribution < 1.29 is 5.11 Å². The van der Waals surface area contributed by atoms with Gasteiger partial charge in [-0.05, 0) is 54.6 Å². The van der Waals surface area contributed by atoms with Gasteiger partial charge < -0.3 is 9.67 Å². The standard InChI is InChI=1S/C16H25NOS/c1-16(2)9-14-13(15(18)10-16)3-6-17(14)11-12-4-7-19-8-5-12/h3,6,12,15,18H,4-5,7-11H2,1-2H3. The van der Waals surface area contributed by atoms with Crippen molar-refractivity contribution in [2.75, 3.05) is 11.5 Å². The maximum atomic E-state index is 10.3. The first kappa shape index (κ1) is 13.6. The van der Waals surface area contributed by atoms with Crippen LogP contribution in [0.1, 0.15) is 50.5 Å². The predicted molar refractivity (Wildman–Crippen MR) is 81.5 cm³/mol. The molecule has 0 aromatic carbocycles. The van der Waals surface area contributed by atoms with Gasteiger partial charge >= 0.3 is 0 Å². The molecule has 1 saturated heterocycles. The van der Waals surface area contributed by atoms with Crippen molar-refractivity contribution >= 4 is 11.8 Å². The number of rotatable bonds is 2. The highest BCUT2D eigenvalue weighted by molar-refractivity contribution is 7.99. The Labute approximate surface area is 120 Å². The molecule has 3 heteroatoms. The van der Waals surface area contributed by atoms with E-state index in [1.807, 2.05) is 0 Å². The Morgan fingerprint density at radius 1 is 1.37 bits per heavy atom. The molecule has 0 spiro atoms. The smallest absolute Gasteiger partial charge is 0.0812 e. The van der Waals surface area contributed by atoms with E-state index in [0.29, 0.717) is 0 Å². The van der Waals surface area contributed by atoms with Gasteiger partial charge in [-0.3, -0.25) is 0 Å². The lowest BCUT2D eigenvalue weighted by Gasteiger charge is -2.34. The largest absolute Gasteiger partial charge is 0.388 e. The average molecular weight is 279 g/mol. The van der Waals surface area contributed by atoms with Gasteiger partial charge in [0.25, 0.3) is 0 Å². The van der Waals surface area contributed by atoms with Crippen LogP contribution in [0.2, 0.25) is 0 Å². The van der Waals surface area contributed by atoms with Crippen molar-refractivity contribution in [2.24, 2.45) is 11.3 Å². The molecular weight excluding hydrogens is 254 g/mol. The molecular formula is C16H25NOS. The highest BCUT2D eigenvalue weighted by Gasteiger charge is 2.33. The summed E-state index contributed by atoms with van der Waals surface area (Å²) in [5, 5.41) is 10.3. The van der Waals surface area contributed by atoms with Crippen molar-refractivity contribution in [1.82, 2.24) is 4.57 Å². The van der Waals surface area contributed by atoms with E-state index >= 15 is 0 Å². The fourth-order valence-corrected chi connectivity index (χ4v) is 4.77. The monoisotopic (exact) mass is 279 g/mol. The minimum Gasteiger partial charge on any atom is -0.388 e. The maximum absolute atomic E-state index is 10.3. The molecule has 3 rings (SSSR count). The third kappa shape index (κ3) is 2.87. The van der Waals surface area contributed by atoms with Crippen molar-refractivity contribution in [3.63, 3.8) is 0 Å². The summed E-state index contributed by atoms with van der Waals surface area (Å²) in [5.74, 6) is 3.48. The van der Waals surface area contributed by atoms with Crippen LogP contribution in [0.15, 0.2) is 12.3 Å². The van der Waals surface area contributed by atoms with E-state index in [2.05, 4.69) is 42.4 Å². The fourth-order valence-electron chi connectivity index (χ4n) is 3.57. The molecule has 1 aliphatic carbocycles. The lowest BCUT2D eigenvalue weighted by atomic mass is 9.75. The highest BCUT2D eigenvalue weighted by atomic mass is 32.2. The van der Waals surface area contributed by atoms with E-state index in [4.69, 9.17) is 0 Å². The third-order valence-electron chi connectivity index (χ3n) is 4.66. The SMILES string of the molecule is CC1(C)Cc2c(ccn2CC2CCSCC2)C(O)C1. The Hall–Kier alpha value is -0.410.